The molecule has 3 aromatic carbocycles. The standard InChI is InChI=1S/C35H31F3N4O16/c1-17-29(58-33(45)21-7-13-24(14-8-21)42(51)52)25(39-34(46)35(36,37)38)15-27(53-17)56-30-18(2)54-28(57-32(44)20-5-11-23(12-6-20)41(49)50)16-26(30)55-31(43)19-3-9-22(10-4-19)40(47)48/h3-14,17-18,25-30H,15-16H2,1-2H3,(H,39,46)/t17-,18-,25-,26-,27-,28?,29+,30-/m0/s1. The van der Waals surface area contributed by atoms with Crippen molar-refractivity contribution in [3.63, 3.8) is 0 Å². The number of non-ortho nitro benzene ring substituents is 3. The summed E-state index contributed by atoms with van der Waals surface area (Å²) in [6, 6.07) is 11.2. The lowest BCUT2D eigenvalue weighted by Crippen LogP contribution is -2.60. The van der Waals surface area contributed by atoms with Crippen LogP contribution in [-0.2, 0) is 33.2 Å². The molecule has 23 heteroatoms. The summed E-state index contributed by atoms with van der Waals surface area (Å²) < 4.78 is 74.7. The Kier molecular flexibility index (Phi) is 13.0. The predicted molar refractivity (Wildman–Crippen MR) is 184 cm³/mol. The first-order valence-electron chi connectivity index (χ1n) is 17.0. The molecule has 1 N–H and O–H groups in total. The van der Waals surface area contributed by atoms with Crippen LogP contribution < -0.4 is 5.32 Å². The maximum absolute atomic E-state index is 13.4. The van der Waals surface area contributed by atoms with Crippen LogP contribution in [0, 0.1) is 30.3 Å². The third kappa shape index (κ3) is 10.4. The van der Waals surface area contributed by atoms with Gasteiger partial charge in [0.1, 0.15) is 18.3 Å². The highest BCUT2D eigenvalue weighted by Crippen LogP contribution is 2.33. The zero-order chi connectivity index (χ0) is 42.5. The van der Waals surface area contributed by atoms with Crippen molar-refractivity contribution in [2.24, 2.45) is 0 Å². The fraction of sp³-hybridized carbons (Fsp3) is 0.371. The predicted octanol–water partition coefficient (Wildman–Crippen LogP) is 4.72. The van der Waals surface area contributed by atoms with Crippen LogP contribution in [0.15, 0.2) is 72.8 Å². The van der Waals surface area contributed by atoms with E-state index in [1.54, 1.807) is 5.32 Å². The molecule has 0 aromatic heterocycles. The monoisotopic (exact) mass is 820 g/mol. The van der Waals surface area contributed by atoms with Crippen molar-refractivity contribution < 1.29 is 75.5 Å². The number of esters is 3. The van der Waals surface area contributed by atoms with Crippen LogP contribution >= 0.6 is 0 Å². The number of benzene rings is 3. The second kappa shape index (κ2) is 17.7. The van der Waals surface area contributed by atoms with Gasteiger partial charge in [-0.3, -0.25) is 35.1 Å². The lowest BCUT2D eigenvalue weighted by atomic mass is 9.97. The van der Waals surface area contributed by atoms with Gasteiger partial charge in [0, 0.05) is 42.8 Å². The first-order valence-corrected chi connectivity index (χ1v) is 17.0. The highest BCUT2D eigenvalue weighted by Gasteiger charge is 2.49. The number of carbonyl (C=O) groups excluding carboxylic acids is 4. The van der Waals surface area contributed by atoms with Crippen LogP contribution in [0.2, 0.25) is 0 Å². The molecular formula is C35H31F3N4O16. The molecule has 1 amide bonds. The molecule has 58 heavy (non-hydrogen) atoms. The average Bonchev–Trinajstić information content (AvgIpc) is 3.17. The molecule has 20 nitrogen and oxygen atoms in total. The zero-order valence-corrected chi connectivity index (χ0v) is 30.0. The summed E-state index contributed by atoms with van der Waals surface area (Å²) in [7, 11) is 0. The van der Waals surface area contributed by atoms with Crippen molar-refractivity contribution in [3.05, 3.63) is 120 Å². The van der Waals surface area contributed by atoms with Crippen molar-refractivity contribution in [3.8, 4) is 0 Å². The van der Waals surface area contributed by atoms with Gasteiger partial charge in [-0.25, -0.2) is 14.4 Å². The maximum Gasteiger partial charge on any atom is 0.471 e. The molecule has 8 atom stereocenters. The fourth-order valence-electron chi connectivity index (χ4n) is 6.00. The SMILES string of the molecule is C[C@@H]1O[C@@H](O[C@H]2[C@H](C)OC(OC(=O)c3ccc([N+](=O)[O-])cc3)C[C@@H]2OC(=O)c2ccc([N+](=O)[O-])cc2)C[C@H](NC(=O)C(F)(F)F)[C@@H]1OC(=O)c1ccc([N+](=O)[O-])cc1. The normalized spacial score (nSPS) is 24.4. The van der Waals surface area contributed by atoms with Crippen molar-refractivity contribution in [2.75, 3.05) is 0 Å². The topological polar surface area (TPSA) is 265 Å². The zero-order valence-electron chi connectivity index (χ0n) is 30.0. The van der Waals surface area contributed by atoms with E-state index in [4.69, 9.17) is 28.4 Å². The third-order valence-corrected chi connectivity index (χ3v) is 8.86. The smallest absolute Gasteiger partial charge is 0.456 e. The Morgan fingerprint density at radius 1 is 0.621 bits per heavy atom. The van der Waals surface area contributed by atoms with Gasteiger partial charge in [0.25, 0.3) is 17.1 Å². The number of carbonyl (C=O) groups is 4. The van der Waals surface area contributed by atoms with Gasteiger partial charge < -0.3 is 33.7 Å². The number of nitrogens with one attached hydrogen (secondary N) is 1. The van der Waals surface area contributed by atoms with Crippen LogP contribution in [0.25, 0.3) is 0 Å². The van der Waals surface area contributed by atoms with Gasteiger partial charge in [-0.15, -0.1) is 0 Å². The van der Waals surface area contributed by atoms with Crippen molar-refractivity contribution >= 4 is 40.9 Å². The van der Waals surface area contributed by atoms with Crippen molar-refractivity contribution in [2.45, 2.75) is 82.0 Å². The van der Waals surface area contributed by atoms with E-state index in [0.29, 0.717) is 0 Å². The lowest BCUT2D eigenvalue weighted by molar-refractivity contribution is -0.385. The molecule has 0 saturated carbocycles. The molecular weight excluding hydrogens is 789 g/mol. The average molecular weight is 821 g/mol. The minimum atomic E-state index is -5.37. The highest BCUT2D eigenvalue weighted by atomic mass is 19.4. The van der Waals surface area contributed by atoms with Gasteiger partial charge in [-0.05, 0) is 50.2 Å². The minimum Gasteiger partial charge on any atom is -0.456 e. The molecule has 308 valence electrons. The maximum atomic E-state index is 13.4. The minimum absolute atomic E-state index is 0.0972. The molecule has 0 aliphatic carbocycles. The van der Waals surface area contributed by atoms with Gasteiger partial charge in [-0.1, -0.05) is 0 Å². The highest BCUT2D eigenvalue weighted by molar-refractivity contribution is 5.91. The Hall–Kier alpha value is -6.59. The van der Waals surface area contributed by atoms with Crippen molar-refractivity contribution in [1.29, 1.82) is 0 Å². The van der Waals surface area contributed by atoms with Gasteiger partial charge in [0.2, 0.25) is 6.29 Å². The Morgan fingerprint density at radius 3 is 1.45 bits per heavy atom. The second-order valence-corrected chi connectivity index (χ2v) is 12.8. The Morgan fingerprint density at radius 2 is 1.02 bits per heavy atom. The van der Waals surface area contributed by atoms with Crippen LogP contribution in [0.3, 0.4) is 0 Å². The number of amides is 1. The summed E-state index contributed by atoms with van der Waals surface area (Å²) in [6.07, 6.45) is -16.0. The van der Waals surface area contributed by atoms with E-state index in [2.05, 4.69) is 0 Å². The summed E-state index contributed by atoms with van der Waals surface area (Å²) in [4.78, 5) is 82.4. The van der Waals surface area contributed by atoms with E-state index in [9.17, 15) is 62.7 Å². The first-order chi connectivity index (χ1) is 27.3. The van der Waals surface area contributed by atoms with Gasteiger partial charge in [-0.2, -0.15) is 13.2 Å². The van der Waals surface area contributed by atoms with Gasteiger partial charge in [0.05, 0.1) is 56.1 Å². The van der Waals surface area contributed by atoms with Crippen LogP contribution in [0.5, 0.6) is 0 Å². The first kappa shape index (κ1) is 42.6. The molecule has 2 aliphatic heterocycles. The van der Waals surface area contributed by atoms with E-state index in [-0.39, 0.29) is 33.8 Å². The molecule has 1 unspecified atom stereocenters. The van der Waals surface area contributed by atoms with Gasteiger partial charge in [0.15, 0.2) is 6.29 Å². The Bertz CT molecular complexity index is 2050. The van der Waals surface area contributed by atoms with Crippen LogP contribution in [0.4, 0.5) is 30.2 Å². The molecule has 2 heterocycles. The summed E-state index contributed by atoms with van der Waals surface area (Å²) in [6.45, 7) is 2.71. The summed E-state index contributed by atoms with van der Waals surface area (Å²) in [5.74, 6) is -5.49. The van der Waals surface area contributed by atoms with Gasteiger partial charge >= 0.3 is 30.0 Å². The summed E-state index contributed by atoms with van der Waals surface area (Å²) >= 11 is 0. The van der Waals surface area contributed by atoms with E-state index >= 15 is 0 Å². The number of rotatable bonds is 12. The Labute approximate surface area is 323 Å². The van der Waals surface area contributed by atoms with E-state index < -0.39 is 107 Å². The lowest BCUT2D eigenvalue weighted by Gasteiger charge is -2.44. The molecule has 2 aliphatic rings. The number of nitrogens with zero attached hydrogens (tertiary/aromatic N) is 3. The summed E-state index contributed by atoms with van der Waals surface area (Å²) in [5, 5.41) is 34.9. The number of nitro groups is 3. The number of hydrogen-bond donors (Lipinski definition) is 1. The number of hydrogen-bond acceptors (Lipinski definition) is 16. The quantitative estimate of drug-likeness (QED) is 0.112. The second-order valence-electron chi connectivity index (χ2n) is 12.8. The number of nitro benzene ring substituents is 3. The van der Waals surface area contributed by atoms with Crippen molar-refractivity contribution in [1.82, 2.24) is 5.32 Å². The third-order valence-electron chi connectivity index (χ3n) is 8.86. The Balaban J connectivity index is 1.37. The van der Waals surface area contributed by atoms with E-state index in [1.807, 2.05) is 0 Å². The molecule has 5 rings (SSSR count). The molecule has 2 fully saturated rings. The largest absolute Gasteiger partial charge is 0.471 e. The van der Waals surface area contributed by atoms with Crippen LogP contribution in [0.1, 0.15) is 57.8 Å². The summed E-state index contributed by atoms with van der Waals surface area (Å²) in [5.41, 5.74) is -1.42. The van der Waals surface area contributed by atoms with Crippen LogP contribution in [-0.4, -0.2) is 93.9 Å². The molecule has 2 saturated heterocycles. The molecule has 3 aromatic rings. The number of ether oxygens (including phenoxy) is 6. The molecule has 0 radical (unpaired) electrons. The number of halogens is 3. The fourth-order valence-corrected chi connectivity index (χ4v) is 6.00. The van der Waals surface area contributed by atoms with E-state index in [0.717, 1.165) is 72.8 Å². The van der Waals surface area contributed by atoms with E-state index in [1.165, 1.54) is 13.8 Å². The molecule has 0 bridgehead atoms. The number of alkyl halides is 3. The molecule has 0 spiro atoms.